The van der Waals surface area contributed by atoms with Crippen LogP contribution in [0, 0.1) is 29.6 Å². The molecular formula is C32H35NO6. The molecule has 39 heavy (non-hydrogen) atoms. The molecule has 7 heteroatoms. The number of unbranched alkanes of at least 4 members (excludes halogenated alkanes) is 1. The quantitative estimate of drug-likeness (QED) is 0.384. The number of hydrogen-bond donors (Lipinski definition) is 0. The number of fused-ring (bicyclic) bond motifs is 3. The number of ketones is 5. The number of rotatable bonds is 7. The van der Waals surface area contributed by atoms with E-state index in [1.165, 1.54) is 6.92 Å². The van der Waals surface area contributed by atoms with Gasteiger partial charge in [-0.2, -0.15) is 0 Å². The van der Waals surface area contributed by atoms with Gasteiger partial charge in [0.2, 0.25) is 0 Å². The maximum atomic E-state index is 14.2. The molecule has 0 amide bonds. The fourth-order valence-electron chi connectivity index (χ4n) is 6.76. The molecule has 0 saturated heterocycles. The standard InChI is InChI=1S/C32H35NO6/c1-5-6-13-39-25-12-11-22(18-7-9-21(10-8-18)33(3)4)23-15-19-14-20-16-24(35)26(17(2)34)30(36)28(20)31(37)27(19)32(38)29(23)25/h7-12,19-20,26-28H,5-6,13-16H2,1-4H3. The summed E-state index contributed by atoms with van der Waals surface area (Å²) in [5, 5.41) is 0. The van der Waals surface area contributed by atoms with Crippen LogP contribution < -0.4 is 9.64 Å². The van der Waals surface area contributed by atoms with Crippen LogP contribution in [0.25, 0.3) is 11.1 Å². The highest BCUT2D eigenvalue weighted by Gasteiger charge is 2.57. The average Bonchev–Trinajstić information content (AvgIpc) is 2.88. The van der Waals surface area contributed by atoms with Gasteiger partial charge in [-0.15, -0.1) is 0 Å². The molecule has 2 aromatic rings. The summed E-state index contributed by atoms with van der Waals surface area (Å²) in [6.45, 7) is 3.73. The Kier molecular flexibility index (Phi) is 7.27. The highest BCUT2D eigenvalue weighted by atomic mass is 16.5. The van der Waals surface area contributed by atoms with E-state index in [1.807, 2.05) is 55.4 Å². The van der Waals surface area contributed by atoms with E-state index < -0.39 is 46.8 Å². The van der Waals surface area contributed by atoms with E-state index in [1.54, 1.807) is 0 Å². The molecule has 0 spiro atoms. The van der Waals surface area contributed by atoms with Crippen molar-refractivity contribution in [2.24, 2.45) is 29.6 Å². The largest absolute Gasteiger partial charge is 0.493 e. The molecule has 5 unspecified atom stereocenters. The summed E-state index contributed by atoms with van der Waals surface area (Å²) in [7, 11) is 3.95. The first-order valence-electron chi connectivity index (χ1n) is 13.8. The van der Waals surface area contributed by atoms with Gasteiger partial charge in [0.25, 0.3) is 0 Å². The van der Waals surface area contributed by atoms with Gasteiger partial charge in [0, 0.05) is 26.2 Å². The van der Waals surface area contributed by atoms with E-state index in [-0.39, 0.29) is 18.1 Å². The van der Waals surface area contributed by atoms with Crippen molar-refractivity contribution >= 4 is 34.6 Å². The van der Waals surface area contributed by atoms with E-state index in [2.05, 4.69) is 6.92 Å². The number of anilines is 1. The lowest BCUT2D eigenvalue weighted by Crippen LogP contribution is -2.55. The van der Waals surface area contributed by atoms with Crippen LogP contribution in [0.5, 0.6) is 5.75 Å². The molecule has 7 nitrogen and oxygen atoms in total. The summed E-state index contributed by atoms with van der Waals surface area (Å²) in [6, 6.07) is 11.9. The lowest BCUT2D eigenvalue weighted by atomic mass is 9.55. The topological polar surface area (TPSA) is 97.8 Å². The molecule has 2 fully saturated rings. The van der Waals surface area contributed by atoms with Crippen LogP contribution >= 0.6 is 0 Å². The molecule has 3 aliphatic rings. The zero-order chi connectivity index (χ0) is 28.0. The molecule has 2 aromatic carbocycles. The van der Waals surface area contributed by atoms with Gasteiger partial charge in [0.1, 0.15) is 17.5 Å². The molecule has 3 aliphatic carbocycles. The first-order valence-corrected chi connectivity index (χ1v) is 13.8. The fraction of sp³-hybridized carbons (Fsp3) is 0.469. The minimum atomic E-state index is -1.39. The fourth-order valence-corrected chi connectivity index (χ4v) is 6.76. The van der Waals surface area contributed by atoms with Crippen LogP contribution in [0.3, 0.4) is 0 Å². The second kappa shape index (κ2) is 10.5. The van der Waals surface area contributed by atoms with Gasteiger partial charge >= 0.3 is 0 Å². The number of benzene rings is 2. The van der Waals surface area contributed by atoms with Gasteiger partial charge in [-0.3, -0.25) is 24.0 Å². The van der Waals surface area contributed by atoms with E-state index in [0.29, 0.717) is 30.8 Å². The summed E-state index contributed by atoms with van der Waals surface area (Å²) >= 11 is 0. The third-order valence-corrected chi connectivity index (χ3v) is 8.66. The molecular weight excluding hydrogens is 494 g/mol. The summed E-state index contributed by atoms with van der Waals surface area (Å²) in [5.74, 6) is -6.04. The van der Waals surface area contributed by atoms with E-state index >= 15 is 0 Å². The van der Waals surface area contributed by atoms with Gasteiger partial charge in [0.05, 0.1) is 24.0 Å². The molecule has 204 valence electrons. The minimum absolute atomic E-state index is 0.0235. The van der Waals surface area contributed by atoms with E-state index in [4.69, 9.17) is 4.74 Å². The Balaban J connectivity index is 1.58. The Labute approximate surface area is 228 Å². The normalized spacial score (nSPS) is 26.0. The van der Waals surface area contributed by atoms with Gasteiger partial charge in [-0.25, -0.2) is 0 Å². The monoisotopic (exact) mass is 529 g/mol. The van der Waals surface area contributed by atoms with Gasteiger partial charge < -0.3 is 9.64 Å². The van der Waals surface area contributed by atoms with Gasteiger partial charge in [0.15, 0.2) is 23.1 Å². The predicted molar refractivity (Wildman–Crippen MR) is 147 cm³/mol. The summed E-state index contributed by atoms with van der Waals surface area (Å²) in [5.41, 5.74) is 4.23. The summed E-state index contributed by atoms with van der Waals surface area (Å²) in [6.07, 6.45) is 2.70. The Morgan fingerprint density at radius 1 is 0.923 bits per heavy atom. The van der Waals surface area contributed by atoms with Crippen LogP contribution in [0.2, 0.25) is 0 Å². The number of carbonyl (C=O) groups excluding carboxylic acids is 5. The maximum absolute atomic E-state index is 14.2. The molecule has 5 rings (SSSR count). The van der Waals surface area contributed by atoms with Crippen molar-refractivity contribution in [1.82, 2.24) is 0 Å². The molecule has 0 bridgehead atoms. The molecule has 0 heterocycles. The summed E-state index contributed by atoms with van der Waals surface area (Å²) < 4.78 is 6.07. The lowest BCUT2D eigenvalue weighted by molar-refractivity contribution is -0.152. The van der Waals surface area contributed by atoms with Crippen LogP contribution in [0.15, 0.2) is 36.4 Å². The van der Waals surface area contributed by atoms with E-state index in [9.17, 15) is 24.0 Å². The first-order chi connectivity index (χ1) is 18.6. The SMILES string of the molecule is CCCCOc1ccc(-c2ccc(N(C)C)cc2)c2c1C(=O)C1C(=O)C3C(=O)C(C(C)=O)C(=O)CC3CC1C2. The molecule has 0 N–H and O–H groups in total. The minimum Gasteiger partial charge on any atom is -0.493 e. The van der Waals surface area contributed by atoms with Crippen molar-refractivity contribution in [2.75, 3.05) is 25.6 Å². The number of nitrogens with zero attached hydrogens (tertiary/aromatic N) is 1. The Morgan fingerprint density at radius 3 is 2.26 bits per heavy atom. The number of hydrogen-bond acceptors (Lipinski definition) is 7. The average molecular weight is 530 g/mol. The highest BCUT2D eigenvalue weighted by molar-refractivity contribution is 6.28. The lowest BCUT2D eigenvalue weighted by Gasteiger charge is -2.44. The van der Waals surface area contributed by atoms with Crippen LogP contribution in [-0.4, -0.2) is 49.6 Å². The zero-order valence-corrected chi connectivity index (χ0v) is 23.0. The highest BCUT2D eigenvalue weighted by Crippen LogP contribution is 2.50. The molecule has 0 aromatic heterocycles. The second-order valence-corrected chi connectivity index (χ2v) is 11.4. The van der Waals surface area contributed by atoms with E-state index in [0.717, 1.165) is 35.2 Å². The molecule has 0 aliphatic heterocycles. The Hall–Kier alpha value is -3.61. The molecule has 0 radical (unpaired) electrons. The maximum Gasteiger partial charge on any atom is 0.177 e. The van der Waals surface area contributed by atoms with Crippen molar-refractivity contribution in [3.05, 3.63) is 47.5 Å². The van der Waals surface area contributed by atoms with Crippen LogP contribution in [0.4, 0.5) is 5.69 Å². The van der Waals surface area contributed by atoms with Gasteiger partial charge in [-0.05, 0) is 72.9 Å². The zero-order valence-electron chi connectivity index (χ0n) is 23.0. The number of ether oxygens (including phenoxy) is 1. The Morgan fingerprint density at radius 2 is 1.62 bits per heavy atom. The van der Waals surface area contributed by atoms with Gasteiger partial charge in [-0.1, -0.05) is 31.5 Å². The predicted octanol–water partition coefficient (Wildman–Crippen LogP) is 4.52. The van der Waals surface area contributed by atoms with Crippen molar-refractivity contribution in [3.8, 4) is 16.9 Å². The second-order valence-electron chi connectivity index (χ2n) is 11.4. The van der Waals surface area contributed by atoms with Crippen molar-refractivity contribution in [3.63, 3.8) is 0 Å². The molecule has 5 atom stereocenters. The third-order valence-electron chi connectivity index (χ3n) is 8.66. The smallest absolute Gasteiger partial charge is 0.177 e. The Bertz CT molecular complexity index is 1360. The van der Waals surface area contributed by atoms with Crippen molar-refractivity contribution in [1.29, 1.82) is 0 Å². The van der Waals surface area contributed by atoms with Crippen LogP contribution in [-0.2, 0) is 25.6 Å². The first kappa shape index (κ1) is 27.0. The number of Topliss-reactive ketones (excluding diaryl/α,β-unsaturated/α-hetero) is 5. The van der Waals surface area contributed by atoms with Crippen molar-refractivity contribution < 1.29 is 28.7 Å². The molecule has 2 saturated carbocycles. The third kappa shape index (κ3) is 4.62. The van der Waals surface area contributed by atoms with Crippen LogP contribution in [0.1, 0.15) is 55.5 Å². The van der Waals surface area contributed by atoms with Crippen molar-refractivity contribution in [2.45, 2.75) is 46.0 Å². The summed E-state index contributed by atoms with van der Waals surface area (Å²) in [4.78, 5) is 67.9. The number of carbonyl (C=O) groups is 5.